The monoisotopic (exact) mass is 254 g/mol. The Morgan fingerprint density at radius 3 is 2.57 bits per heavy atom. The SMILES string of the molecule is O=[SH](=O)CCCC[SH](S)n1ccnc1. The van der Waals surface area contributed by atoms with E-state index in [2.05, 4.69) is 16.6 Å². The molecule has 0 radical (unpaired) electrons. The molecular formula is C7H14N2O2S3. The molecule has 1 aromatic heterocycles. The van der Waals surface area contributed by atoms with Crippen LogP contribution in [0.4, 0.5) is 0 Å². The number of hydrogen-bond acceptors (Lipinski definition) is 4. The minimum Gasteiger partial charge on any atom is -0.293 e. The molecule has 82 valence electrons. The summed E-state index contributed by atoms with van der Waals surface area (Å²) in [5.41, 5.74) is 0. The zero-order valence-electron chi connectivity index (χ0n) is 7.61. The molecular weight excluding hydrogens is 240 g/mol. The molecule has 7 heteroatoms. The second-order valence-electron chi connectivity index (χ2n) is 2.80. The summed E-state index contributed by atoms with van der Waals surface area (Å²) in [5.74, 6) is 1.22. The van der Waals surface area contributed by atoms with Gasteiger partial charge in [0.15, 0.2) is 0 Å². The van der Waals surface area contributed by atoms with Crippen molar-refractivity contribution >= 4 is 32.5 Å². The molecule has 1 unspecified atom stereocenters. The van der Waals surface area contributed by atoms with E-state index in [9.17, 15) is 8.42 Å². The van der Waals surface area contributed by atoms with E-state index >= 15 is 0 Å². The predicted molar refractivity (Wildman–Crippen MR) is 64.9 cm³/mol. The smallest absolute Gasteiger partial charge is 0.140 e. The van der Waals surface area contributed by atoms with Crippen LogP contribution in [0.5, 0.6) is 0 Å². The molecule has 0 N–H and O–H groups in total. The average Bonchev–Trinajstić information content (AvgIpc) is 2.64. The Labute approximate surface area is 93.0 Å². The van der Waals surface area contributed by atoms with Crippen LogP contribution < -0.4 is 0 Å². The van der Waals surface area contributed by atoms with Crippen LogP contribution in [-0.4, -0.2) is 28.9 Å². The average molecular weight is 254 g/mol. The third-order valence-electron chi connectivity index (χ3n) is 1.71. The van der Waals surface area contributed by atoms with Gasteiger partial charge in [0.2, 0.25) is 0 Å². The van der Waals surface area contributed by atoms with Crippen LogP contribution in [-0.2, 0) is 10.7 Å². The summed E-state index contributed by atoms with van der Waals surface area (Å²) in [7, 11) is -2.73. The Balaban J connectivity index is 2.19. The fourth-order valence-electron chi connectivity index (χ4n) is 0.998. The second kappa shape index (κ2) is 6.36. The summed E-state index contributed by atoms with van der Waals surface area (Å²) in [4.78, 5) is 3.93. The fourth-order valence-corrected chi connectivity index (χ4v) is 3.35. The van der Waals surface area contributed by atoms with Gasteiger partial charge < -0.3 is 0 Å². The molecule has 0 aliphatic heterocycles. The van der Waals surface area contributed by atoms with Gasteiger partial charge in [0.1, 0.15) is 17.0 Å². The van der Waals surface area contributed by atoms with Crippen LogP contribution in [0.15, 0.2) is 18.7 Å². The first-order valence-corrected chi connectivity index (χ1v) is 8.26. The molecule has 1 aromatic rings. The summed E-state index contributed by atoms with van der Waals surface area (Å²) < 4.78 is 22.5. The first-order chi connectivity index (χ1) is 6.70. The van der Waals surface area contributed by atoms with E-state index in [1.54, 1.807) is 12.5 Å². The number of imidazole rings is 1. The Hall–Kier alpha value is -0.140. The molecule has 4 nitrogen and oxygen atoms in total. The van der Waals surface area contributed by atoms with Crippen molar-refractivity contribution in [3.8, 4) is 0 Å². The highest BCUT2D eigenvalue weighted by atomic mass is 33.1. The lowest BCUT2D eigenvalue weighted by atomic mass is 10.4. The molecule has 0 spiro atoms. The van der Waals surface area contributed by atoms with E-state index in [1.165, 1.54) is 0 Å². The number of rotatable bonds is 6. The third kappa shape index (κ3) is 4.39. The lowest BCUT2D eigenvalue weighted by Gasteiger charge is -2.15. The Bertz CT molecular complexity index is 316. The number of aromatic nitrogens is 2. The van der Waals surface area contributed by atoms with E-state index in [-0.39, 0.29) is 5.75 Å². The first-order valence-electron chi connectivity index (χ1n) is 4.26. The normalized spacial score (nSPS) is 14.6. The highest BCUT2D eigenvalue weighted by Gasteiger charge is 1.99. The van der Waals surface area contributed by atoms with Crippen molar-refractivity contribution in [3.63, 3.8) is 0 Å². The van der Waals surface area contributed by atoms with Crippen LogP contribution in [0.2, 0.25) is 0 Å². The first kappa shape index (κ1) is 11.9. The second-order valence-corrected chi connectivity index (χ2v) is 6.95. The van der Waals surface area contributed by atoms with E-state index in [1.807, 2.05) is 10.2 Å². The molecule has 1 atom stereocenters. The van der Waals surface area contributed by atoms with Gasteiger partial charge in [-0.1, -0.05) is 0 Å². The van der Waals surface area contributed by atoms with Gasteiger partial charge in [-0.05, 0) is 12.8 Å². The molecule has 0 aliphatic carbocycles. The lowest BCUT2D eigenvalue weighted by molar-refractivity contribution is 0.611. The van der Waals surface area contributed by atoms with Crippen molar-refractivity contribution in [2.45, 2.75) is 12.8 Å². The molecule has 0 amide bonds. The van der Waals surface area contributed by atoms with Gasteiger partial charge in [-0.3, -0.25) is 3.97 Å². The van der Waals surface area contributed by atoms with Crippen molar-refractivity contribution in [3.05, 3.63) is 18.7 Å². The molecule has 0 bridgehead atoms. The number of hydrogen-bond donors (Lipinski definition) is 3. The highest BCUT2D eigenvalue weighted by Crippen LogP contribution is 2.32. The maximum absolute atomic E-state index is 10.3. The highest BCUT2D eigenvalue weighted by molar-refractivity contribution is 8.77. The summed E-state index contributed by atoms with van der Waals surface area (Å²) in [6.07, 6.45) is 6.98. The van der Waals surface area contributed by atoms with Crippen molar-refractivity contribution in [1.29, 1.82) is 0 Å². The molecule has 1 rings (SSSR count). The van der Waals surface area contributed by atoms with Crippen molar-refractivity contribution in [2.75, 3.05) is 11.5 Å². The van der Waals surface area contributed by atoms with Crippen LogP contribution in [0.25, 0.3) is 0 Å². The van der Waals surface area contributed by atoms with Gasteiger partial charge in [0.05, 0.1) is 0 Å². The van der Waals surface area contributed by atoms with Crippen LogP contribution in [0.3, 0.4) is 0 Å². The summed E-state index contributed by atoms with van der Waals surface area (Å²) >= 11 is 4.45. The zero-order chi connectivity index (χ0) is 10.4. The molecule has 14 heavy (non-hydrogen) atoms. The summed E-state index contributed by atoms with van der Waals surface area (Å²) in [6, 6.07) is 0. The minimum atomic E-state index is -2.21. The summed E-state index contributed by atoms with van der Waals surface area (Å²) in [5, 5.41) is 0. The fraction of sp³-hybridized carbons (Fsp3) is 0.571. The maximum atomic E-state index is 10.3. The van der Waals surface area contributed by atoms with Crippen molar-refractivity contribution < 1.29 is 8.42 Å². The molecule has 1 heterocycles. The van der Waals surface area contributed by atoms with Crippen molar-refractivity contribution in [2.24, 2.45) is 0 Å². The standard InChI is InChI=1S/C7H14N2O2S3/c10-14(11)6-2-1-5-13(12)9-4-3-8-7-9/h3-4,7,12-14H,1-2,5-6H2. The van der Waals surface area contributed by atoms with Crippen LogP contribution in [0.1, 0.15) is 12.8 Å². The molecule has 0 fully saturated rings. The minimum absolute atomic E-state index is 0.288. The Kier molecular flexibility index (Phi) is 5.42. The van der Waals surface area contributed by atoms with Gasteiger partial charge in [-0.2, -0.15) is 0 Å². The van der Waals surface area contributed by atoms with Crippen LogP contribution >= 0.6 is 21.8 Å². The predicted octanol–water partition coefficient (Wildman–Crippen LogP) is 0.884. The number of nitrogens with zero attached hydrogens (tertiary/aromatic N) is 2. The van der Waals surface area contributed by atoms with E-state index in [0.717, 1.165) is 18.6 Å². The van der Waals surface area contributed by atoms with Gasteiger partial charge in [0, 0.05) is 23.9 Å². The van der Waals surface area contributed by atoms with Gasteiger partial charge >= 0.3 is 0 Å². The van der Waals surface area contributed by atoms with Gasteiger partial charge in [0.25, 0.3) is 0 Å². The Morgan fingerprint density at radius 1 is 1.29 bits per heavy atom. The third-order valence-corrected chi connectivity index (χ3v) is 5.09. The van der Waals surface area contributed by atoms with E-state index in [4.69, 9.17) is 0 Å². The Morgan fingerprint density at radius 2 is 2.00 bits per heavy atom. The van der Waals surface area contributed by atoms with E-state index in [0.29, 0.717) is 0 Å². The number of thiol groups is 3. The topological polar surface area (TPSA) is 52.0 Å². The van der Waals surface area contributed by atoms with Crippen LogP contribution in [0, 0.1) is 0 Å². The largest absolute Gasteiger partial charge is 0.293 e. The quantitative estimate of drug-likeness (QED) is 0.401. The zero-order valence-corrected chi connectivity index (χ0v) is 10.3. The molecule has 0 aliphatic rings. The maximum Gasteiger partial charge on any atom is 0.140 e. The number of unbranched alkanes of at least 4 members (excludes halogenated alkanes) is 1. The summed E-state index contributed by atoms with van der Waals surface area (Å²) in [6.45, 7) is 0. The van der Waals surface area contributed by atoms with E-state index < -0.39 is 20.8 Å². The molecule has 0 aromatic carbocycles. The van der Waals surface area contributed by atoms with Gasteiger partial charge in [-0.25, -0.2) is 13.4 Å². The van der Waals surface area contributed by atoms with Crippen molar-refractivity contribution in [1.82, 2.24) is 8.96 Å². The molecule has 0 saturated heterocycles. The van der Waals surface area contributed by atoms with Gasteiger partial charge in [-0.15, -0.1) is 21.8 Å². The molecule has 0 saturated carbocycles. The lowest BCUT2D eigenvalue weighted by Crippen LogP contribution is -1.95.